The highest BCUT2D eigenvalue weighted by atomic mass is 19.4. The number of anilines is 1. The van der Waals surface area contributed by atoms with Gasteiger partial charge in [0.2, 0.25) is 0 Å². The van der Waals surface area contributed by atoms with E-state index in [1.165, 1.54) is 0 Å². The largest absolute Gasteiger partial charge is 0.484 e. The number of pyridine rings is 1. The first kappa shape index (κ1) is 24.3. The van der Waals surface area contributed by atoms with Crippen molar-refractivity contribution in [1.82, 2.24) is 15.2 Å². The Balaban J connectivity index is 1.67. The van der Waals surface area contributed by atoms with E-state index in [0.29, 0.717) is 22.6 Å². The first-order valence-electron chi connectivity index (χ1n) is 11.3. The van der Waals surface area contributed by atoms with Gasteiger partial charge in [0.05, 0.1) is 11.6 Å². The van der Waals surface area contributed by atoms with Crippen LogP contribution in [0.4, 0.5) is 19.2 Å². The second kappa shape index (κ2) is 9.05. The van der Waals surface area contributed by atoms with Gasteiger partial charge in [-0.25, -0.2) is 4.98 Å². The average molecular weight is 479 g/mol. The molecule has 10 heteroatoms. The summed E-state index contributed by atoms with van der Waals surface area (Å²) in [5, 5.41) is 21.8. The van der Waals surface area contributed by atoms with Crippen LogP contribution in [0.1, 0.15) is 57.6 Å². The Morgan fingerprint density at radius 2 is 1.79 bits per heavy atom. The van der Waals surface area contributed by atoms with Crippen LogP contribution in [0.3, 0.4) is 0 Å². The molecule has 184 valence electrons. The Morgan fingerprint density at radius 3 is 2.44 bits per heavy atom. The van der Waals surface area contributed by atoms with Crippen LogP contribution in [0.15, 0.2) is 22.6 Å². The van der Waals surface area contributed by atoms with Gasteiger partial charge in [-0.3, -0.25) is 0 Å². The van der Waals surface area contributed by atoms with Gasteiger partial charge in [0.15, 0.2) is 6.61 Å². The van der Waals surface area contributed by atoms with Gasteiger partial charge in [-0.2, -0.15) is 13.2 Å². The summed E-state index contributed by atoms with van der Waals surface area (Å²) in [5.74, 6) is 0.398. The smallest absolute Gasteiger partial charge is 0.422 e. The van der Waals surface area contributed by atoms with Crippen LogP contribution in [-0.2, 0) is 5.41 Å². The van der Waals surface area contributed by atoms with Crippen LogP contribution >= 0.6 is 0 Å². The molecule has 0 atom stereocenters. The summed E-state index contributed by atoms with van der Waals surface area (Å²) in [6, 6.07) is 5.42. The molecular formula is C24H29F3N4O3. The number of aliphatic hydroxyl groups is 1. The number of benzene rings is 1. The zero-order valence-corrected chi connectivity index (χ0v) is 19.7. The van der Waals surface area contributed by atoms with E-state index >= 15 is 0 Å². The lowest BCUT2D eigenvalue weighted by Gasteiger charge is -2.25. The second-order valence-electron chi connectivity index (χ2n) is 9.91. The quantitative estimate of drug-likeness (QED) is 0.497. The maximum Gasteiger partial charge on any atom is 0.422 e. The van der Waals surface area contributed by atoms with Gasteiger partial charge in [-0.05, 0) is 67.3 Å². The second-order valence-corrected chi connectivity index (χ2v) is 9.91. The maximum atomic E-state index is 12.7. The molecule has 1 aliphatic carbocycles. The van der Waals surface area contributed by atoms with E-state index < -0.39 is 18.2 Å². The topological polar surface area (TPSA) is 93.3 Å². The van der Waals surface area contributed by atoms with Crippen molar-refractivity contribution in [2.75, 3.05) is 11.9 Å². The van der Waals surface area contributed by atoms with E-state index in [0.717, 1.165) is 36.8 Å². The number of aliphatic hydroxyl groups excluding tert-OH is 1. The molecule has 2 N–H and O–H groups in total. The maximum absolute atomic E-state index is 12.7. The molecular weight excluding hydrogens is 449 g/mol. The molecule has 0 bridgehead atoms. The number of ether oxygens (including phenoxy) is 1. The first-order valence-corrected chi connectivity index (χ1v) is 11.3. The van der Waals surface area contributed by atoms with Crippen molar-refractivity contribution in [2.24, 2.45) is 0 Å². The monoisotopic (exact) mass is 478 g/mol. The van der Waals surface area contributed by atoms with Crippen molar-refractivity contribution in [3.8, 4) is 17.3 Å². The number of hydrogen-bond acceptors (Lipinski definition) is 7. The minimum atomic E-state index is -4.42. The number of alkyl halides is 3. The lowest BCUT2D eigenvalue weighted by Crippen LogP contribution is -2.28. The molecule has 34 heavy (non-hydrogen) atoms. The number of nitrogens with zero attached hydrogens (tertiary/aromatic N) is 3. The number of hydrogen-bond donors (Lipinski definition) is 2. The van der Waals surface area contributed by atoms with Gasteiger partial charge >= 0.3 is 12.2 Å². The van der Waals surface area contributed by atoms with Gasteiger partial charge in [0, 0.05) is 11.4 Å². The van der Waals surface area contributed by atoms with E-state index in [2.05, 4.69) is 15.5 Å². The Hall–Kier alpha value is -2.88. The number of aryl methyl sites for hydroxylation is 1. The lowest BCUT2D eigenvalue weighted by molar-refractivity contribution is -0.153. The number of fused-ring (bicyclic) bond motifs is 1. The summed E-state index contributed by atoms with van der Waals surface area (Å²) in [6.45, 7) is 6.40. The highest BCUT2D eigenvalue weighted by molar-refractivity contribution is 5.89. The fraction of sp³-hybridized carbons (Fsp3) is 0.542. The molecule has 0 radical (unpaired) electrons. The molecule has 2 aromatic heterocycles. The standard InChI is InChI=1S/C24H29F3N4O3/c1-13-9-19(21-30-31-22(34-21)28-14-5-7-15(32)8-6-14)29-20-17(13)10-16(33-12-24(25,26)27)11-18(20)23(2,3)4/h9-11,14-15,32H,5-8,12H2,1-4H3,(H,28,31). The molecule has 3 aromatic rings. The Kier molecular flexibility index (Phi) is 6.46. The summed E-state index contributed by atoms with van der Waals surface area (Å²) >= 11 is 0. The molecule has 0 spiro atoms. The summed E-state index contributed by atoms with van der Waals surface area (Å²) in [7, 11) is 0. The van der Waals surface area contributed by atoms with Crippen LogP contribution < -0.4 is 10.1 Å². The van der Waals surface area contributed by atoms with Crippen LogP contribution in [0.5, 0.6) is 5.75 Å². The zero-order valence-electron chi connectivity index (χ0n) is 19.7. The van der Waals surface area contributed by atoms with Crippen LogP contribution in [-0.4, -0.2) is 45.2 Å². The molecule has 0 amide bonds. The Morgan fingerprint density at radius 1 is 1.09 bits per heavy atom. The minimum absolute atomic E-state index is 0.147. The first-order chi connectivity index (χ1) is 15.9. The van der Waals surface area contributed by atoms with E-state index in [1.807, 2.05) is 27.7 Å². The molecule has 2 heterocycles. The molecule has 0 unspecified atom stereocenters. The number of nitrogens with one attached hydrogen (secondary N) is 1. The SMILES string of the molecule is Cc1cc(-c2nnc(NC3CCC(O)CC3)o2)nc2c(C(C)(C)C)cc(OCC(F)(F)F)cc12. The fourth-order valence-electron chi connectivity index (χ4n) is 4.17. The van der Waals surface area contributed by atoms with Crippen molar-refractivity contribution in [1.29, 1.82) is 0 Å². The van der Waals surface area contributed by atoms with Crippen LogP contribution in [0, 0.1) is 6.92 Å². The predicted octanol–water partition coefficient (Wildman–Crippen LogP) is 5.55. The fourth-order valence-corrected chi connectivity index (χ4v) is 4.17. The molecule has 1 aliphatic rings. The van der Waals surface area contributed by atoms with E-state index in [-0.39, 0.29) is 23.8 Å². The number of aromatic nitrogens is 3. The lowest BCUT2D eigenvalue weighted by atomic mass is 9.84. The minimum Gasteiger partial charge on any atom is -0.484 e. The molecule has 1 saturated carbocycles. The van der Waals surface area contributed by atoms with Crippen LogP contribution in [0.25, 0.3) is 22.5 Å². The molecule has 7 nitrogen and oxygen atoms in total. The third kappa shape index (κ3) is 5.60. The van der Waals surface area contributed by atoms with E-state index in [9.17, 15) is 18.3 Å². The average Bonchev–Trinajstić information content (AvgIpc) is 3.21. The highest BCUT2D eigenvalue weighted by Crippen LogP contribution is 2.36. The van der Waals surface area contributed by atoms with Crippen molar-refractivity contribution in [3.63, 3.8) is 0 Å². The van der Waals surface area contributed by atoms with Crippen molar-refractivity contribution in [3.05, 3.63) is 29.3 Å². The molecule has 4 rings (SSSR count). The number of halogens is 3. The number of rotatable bonds is 5. The van der Waals surface area contributed by atoms with Crippen LogP contribution in [0.2, 0.25) is 0 Å². The van der Waals surface area contributed by atoms with E-state index in [1.54, 1.807) is 18.2 Å². The Bertz CT molecular complexity index is 1160. The predicted molar refractivity (Wildman–Crippen MR) is 122 cm³/mol. The summed E-state index contributed by atoms with van der Waals surface area (Å²) in [6.07, 6.45) is -1.57. The van der Waals surface area contributed by atoms with Crippen molar-refractivity contribution >= 4 is 16.9 Å². The van der Waals surface area contributed by atoms with Gasteiger partial charge in [0.25, 0.3) is 5.89 Å². The van der Waals surface area contributed by atoms with E-state index in [4.69, 9.17) is 14.1 Å². The van der Waals surface area contributed by atoms with Gasteiger partial charge < -0.3 is 19.6 Å². The third-order valence-corrected chi connectivity index (χ3v) is 5.97. The molecule has 1 fully saturated rings. The Labute approximate surface area is 195 Å². The normalized spacial score (nSPS) is 19.4. The highest BCUT2D eigenvalue weighted by Gasteiger charge is 2.29. The summed E-state index contributed by atoms with van der Waals surface area (Å²) in [4.78, 5) is 4.76. The van der Waals surface area contributed by atoms with Crippen molar-refractivity contribution in [2.45, 2.75) is 77.1 Å². The van der Waals surface area contributed by atoms with Gasteiger partial charge in [0.1, 0.15) is 11.4 Å². The molecule has 0 saturated heterocycles. The van der Waals surface area contributed by atoms with Gasteiger partial charge in [-0.15, -0.1) is 5.10 Å². The van der Waals surface area contributed by atoms with Gasteiger partial charge in [-0.1, -0.05) is 25.9 Å². The zero-order chi connectivity index (χ0) is 24.7. The molecule has 1 aromatic carbocycles. The summed E-state index contributed by atoms with van der Waals surface area (Å²) < 4.78 is 49.0. The van der Waals surface area contributed by atoms with Crippen molar-refractivity contribution < 1.29 is 27.4 Å². The summed E-state index contributed by atoms with van der Waals surface area (Å²) in [5.41, 5.74) is 2.29. The molecule has 0 aliphatic heterocycles. The third-order valence-electron chi connectivity index (χ3n) is 5.97.